The number of fused-ring (bicyclic) bond motifs is 1. The number of benzene rings is 2. The van der Waals surface area contributed by atoms with Crippen LogP contribution in [0.5, 0.6) is 0 Å². The third-order valence-electron chi connectivity index (χ3n) is 4.49. The molecular weight excluding hydrogens is 354 g/mol. The first kappa shape index (κ1) is 17.9. The van der Waals surface area contributed by atoms with Crippen LogP contribution in [0, 0.1) is 0 Å². The lowest BCUT2D eigenvalue weighted by molar-refractivity contribution is 0.0951. The van der Waals surface area contributed by atoms with E-state index in [9.17, 15) is 4.79 Å². The fraction of sp³-hybridized carbons (Fsp3) is 0.200. The number of aromatic nitrogens is 5. The van der Waals surface area contributed by atoms with Gasteiger partial charge in [-0.25, -0.2) is 4.98 Å². The molecule has 28 heavy (non-hydrogen) atoms. The number of likely N-dealkylation sites (N-methyl/N-ethyl adjacent to an activating group) is 1. The van der Waals surface area contributed by atoms with Gasteiger partial charge >= 0.3 is 0 Å². The van der Waals surface area contributed by atoms with E-state index in [0.717, 1.165) is 34.3 Å². The molecule has 0 aliphatic heterocycles. The smallest absolute Gasteiger partial charge is 0.251 e. The Morgan fingerprint density at radius 1 is 1.11 bits per heavy atom. The van der Waals surface area contributed by atoms with Gasteiger partial charge < -0.3 is 10.2 Å². The van der Waals surface area contributed by atoms with E-state index in [1.165, 1.54) is 6.33 Å². The third kappa shape index (κ3) is 3.63. The molecular formula is C20H21N7O. The summed E-state index contributed by atoms with van der Waals surface area (Å²) in [5.41, 5.74) is 4.11. The van der Waals surface area contributed by atoms with Gasteiger partial charge in [0.2, 0.25) is 0 Å². The fourth-order valence-electron chi connectivity index (χ4n) is 3.03. The van der Waals surface area contributed by atoms with Gasteiger partial charge in [0.15, 0.2) is 5.82 Å². The molecule has 0 spiro atoms. The number of aromatic amines is 2. The maximum atomic E-state index is 12.4. The molecule has 0 unspecified atom stereocenters. The summed E-state index contributed by atoms with van der Waals surface area (Å²) in [6.07, 6.45) is 1.48. The summed E-state index contributed by atoms with van der Waals surface area (Å²) in [5, 5.41) is 18.2. The molecule has 3 N–H and O–H groups in total. The van der Waals surface area contributed by atoms with Crippen LogP contribution in [0.1, 0.15) is 10.4 Å². The zero-order chi connectivity index (χ0) is 19.5. The summed E-state index contributed by atoms with van der Waals surface area (Å²) < 4.78 is 0. The molecule has 0 aliphatic rings. The molecule has 0 radical (unpaired) electrons. The first-order valence-corrected chi connectivity index (χ1v) is 8.99. The Morgan fingerprint density at radius 3 is 2.79 bits per heavy atom. The van der Waals surface area contributed by atoms with Crippen LogP contribution >= 0.6 is 0 Å². The highest BCUT2D eigenvalue weighted by atomic mass is 16.1. The first-order chi connectivity index (χ1) is 13.6. The Morgan fingerprint density at radius 2 is 2.00 bits per heavy atom. The minimum Gasteiger partial charge on any atom is -0.351 e. The number of nitrogens with zero attached hydrogens (tertiary/aromatic N) is 4. The molecule has 4 aromatic rings. The van der Waals surface area contributed by atoms with E-state index in [1.807, 2.05) is 61.5 Å². The molecule has 0 fully saturated rings. The van der Waals surface area contributed by atoms with Gasteiger partial charge in [0, 0.05) is 35.2 Å². The second-order valence-electron chi connectivity index (χ2n) is 6.81. The van der Waals surface area contributed by atoms with E-state index < -0.39 is 0 Å². The molecule has 2 aromatic carbocycles. The maximum Gasteiger partial charge on any atom is 0.251 e. The van der Waals surface area contributed by atoms with Gasteiger partial charge in [-0.2, -0.15) is 10.2 Å². The monoisotopic (exact) mass is 375 g/mol. The van der Waals surface area contributed by atoms with Gasteiger partial charge in [0.05, 0.1) is 11.2 Å². The Balaban J connectivity index is 1.65. The van der Waals surface area contributed by atoms with Crippen molar-refractivity contribution < 1.29 is 4.79 Å². The number of nitrogens with one attached hydrogen (secondary N) is 3. The molecule has 0 atom stereocenters. The average Bonchev–Trinajstić information content (AvgIpc) is 3.37. The molecule has 0 aliphatic carbocycles. The van der Waals surface area contributed by atoms with Gasteiger partial charge in [-0.1, -0.05) is 12.1 Å². The van der Waals surface area contributed by atoms with E-state index >= 15 is 0 Å². The normalized spacial score (nSPS) is 11.2. The Hall–Kier alpha value is -3.52. The fourth-order valence-corrected chi connectivity index (χ4v) is 3.03. The first-order valence-electron chi connectivity index (χ1n) is 8.99. The molecule has 8 heteroatoms. The number of carbonyl (C=O) groups is 1. The van der Waals surface area contributed by atoms with Crippen LogP contribution in [-0.4, -0.2) is 63.4 Å². The molecule has 4 rings (SSSR count). The summed E-state index contributed by atoms with van der Waals surface area (Å²) >= 11 is 0. The van der Waals surface area contributed by atoms with Gasteiger partial charge in [-0.15, -0.1) is 0 Å². The van der Waals surface area contributed by atoms with Crippen molar-refractivity contribution in [1.82, 2.24) is 35.6 Å². The lowest BCUT2D eigenvalue weighted by Gasteiger charge is -2.10. The molecule has 1 amide bonds. The minimum absolute atomic E-state index is 0.0918. The zero-order valence-corrected chi connectivity index (χ0v) is 15.7. The number of carbonyl (C=O) groups excluding carboxylic acids is 1. The lowest BCUT2D eigenvalue weighted by Crippen LogP contribution is -2.31. The zero-order valence-electron chi connectivity index (χ0n) is 15.7. The number of rotatable bonds is 6. The quantitative estimate of drug-likeness (QED) is 0.480. The van der Waals surface area contributed by atoms with Crippen LogP contribution in [0.3, 0.4) is 0 Å². The van der Waals surface area contributed by atoms with Crippen LogP contribution < -0.4 is 5.32 Å². The number of amides is 1. The summed E-state index contributed by atoms with van der Waals surface area (Å²) in [5.74, 6) is 0.606. The summed E-state index contributed by atoms with van der Waals surface area (Å²) in [6.45, 7) is 1.39. The van der Waals surface area contributed by atoms with Crippen molar-refractivity contribution in [2.24, 2.45) is 0 Å². The van der Waals surface area contributed by atoms with Crippen LogP contribution in [0.25, 0.3) is 33.5 Å². The van der Waals surface area contributed by atoms with E-state index in [4.69, 9.17) is 0 Å². The number of hydrogen-bond acceptors (Lipinski definition) is 5. The SMILES string of the molecule is CN(C)CCNC(=O)c1cccc(-c2n[nH]c3ccc(-c4ncn[nH]4)cc23)c1. The second kappa shape index (κ2) is 7.61. The van der Waals surface area contributed by atoms with E-state index in [0.29, 0.717) is 17.9 Å². The molecule has 0 saturated heterocycles. The van der Waals surface area contributed by atoms with Crippen molar-refractivity contribution in [2.45, 2.75) is 0 Å². The van der Waals surface area contributed by atoms with Crippen molar-refractivity contribution in [3.8, 4) is 22.6 Å². The number of hydrogen-bond donors (Lipinski definition) is 3. The Bertz CT molecular complexity index is 1100. The average molecular weight is 375 g/mol. The highest BCUT2D eigenvalue weighted by Gasteiger charge is 2.13. The highest BCUT2D eigenvalue weighted by molar-refractivity contribution is 5.98. The van der Waals surface area contributed by atoms with Gasteiger partial charge in [-0.3, -0.25) is 15.0 Å². The summed E-state index contributed by atoms with van der Waals surface area (Å²) in [6, 6.07) is 13.4. The molecule has 0 bridgehead atoms. The van der Waals surface area contributed by atoms with Crippen molar-refractivity contribution in [2.75, 3.05) is 27.2 Å². The van der Waals surface area contributed by atoms with Crippen LogP contribution in [-0.2, 0) is 0 Å². The molecule has 2 heterocycles. The summed E-state index contributed by atoms with van der Waals surface area (Å²) in [4.78, 5) is 18.7. The predicted octanol–water partition coefficient (Wildman–Crippen LogP) is 2.31. The third-order valence-corrected chi connectivity index (χ3v) is 4.49. The predicted molar refractivity (Wildman–Crippen MR) is 108 cm³/mol. The van der Waals surface area contributed by atoms with E-state index in [-0.39, 0.29) is 5.91 Å². The van der Waals surface area contributed by atoms with Crippen LogP contribution in [0.4, 0.5) is 0 Å². The Kier molecular flexibility index (Phi) is 4.86. The summed E-state index contributed by atoms with van der Waals surface area (Å²) in [7, 11) is 3.95. The molecule has 142 valence electrons. The van der Waals surface area contributed by atoms with Crippen molar-refractivity contribution >= 4 is 16.8 Å². The molecule has 2 aromatic heterocycles. The van der Waals surface area contributed by atoms with E-state index in [1.54, 1.807) is 0 Å². The standard InChI is InChI=1S/C20H21N7O/c1-27(2)9-8-21-20(28)15-5-3-4-13(10-15)18-16-11-14(19-22-12-23-26-19)6-7-17(16)24-25-18/h3-7,10-12H,8-9H2,1-2H3,(H,21,28)(H,24,25)(H,22,23,26). The van der Waals surface area contributed by atoms with Crippen LogP contribution in [0.2, 0.25) is 0 Å². The maximum absolute atomic E-state index is 12.4. The Labute approximate surface area is 162 Å². The van der Waals surface area contributed by atoms with Gasteiger partial charge in [0.1, 0.15) is 6.33 Å². The molecule has 8 nitrogen and oxygen atoms in total. The minimum atomic E-state index is -0.0918. The van der Waals surface area contributed by atoms with Gasteiger partial charge in [0.25, 0.3) is 5.91 Å². The number of H-pyrrole nitrogens is 2. The highest BCUT2D eigenvalue weighted by Crippen LogP contribution is 2.29. The molecule has 0 saturated carbocycles. The van der Waals surface area contributed by atoms with Gasteiger partial charge in [-0.05, 0) is 44.4 Å². The van der Waals surface area contributed by atoms with Crippen molar-refractivity contribution in [1.29, 1.82) is 0 Å². The van der Waals surface area contributed by atoms with Crippen LogP contribution in [0.15, 0.2) is 48.8 Å². The van der Waals surface area contributed by atoms with E-state index in [2.05, 4.69) is 30.7 Å². The largest absolute Gasteiger partial charge is 0.351 e. The lowest BCUT2D eigenvalue weighted by atomic mass is 10.0. The topological polar surface area (TPSA) is 103 Å². The second-order valence-corrected chi connectivity index (χ2v) is 6.81. The van der Waals surface area contributed by atoms with Crippen molar-refractivity contribution in [3.05, 3.63) is 54.4 Å². The van der Waals surface area contributed by atoms with Crippen molar-refractivity contribution in [3.63, 3.8) is 0 Å².